The average molecular weight is 196 g/mol. The Kier molecular flexibility index (Phi) is 4.85. The Hall–Kier alpha value is -0.660. The van der Waals surface area contributed by atoms with E-state index in [2.05, 4.69) is 0 Å². The van der Waals surface area contributed by atoms with Gasteiger partial charge in [0.2, 0.25) is 0 Å². The topological polar surface area (TPSA) is 34.1 Å². The number of rotatable bonds is 5. The quantitative estimate of drug-likeness (QED) is 0.677. The summed E-state index contributed by atoms with van der Waals surface area (Å²) in [7, 11) is 0. The molecule has 0 spiro atoms. The van der Waals surface area contributed by atoms with Gasteiger partial charge in [-0.25, -0.2) is 0 Å². The summed E-state index contributed by atoms with van der Waals surface area (Å²) < 4.78 is 0. The van der Waals surface area contributed by atoms with Gasteiger partial charge in [0.25, 0.3) is 0 Å². The van der Waals surface area contributed by atoms with Crippen molar-refractivity contribution in [3.63, 3.8) is 0 Å². The van der Waals surface area contributed by atoms with E-state index in [0.717, 1.165) is 12.8 Å². The fraction of sp³-hybridized carbons (Fsp3) is 0.833. The number of Topliss-reactive ketones (excluding diaryl/α,β-unsaturated/α-hetero) is 2. The lowest BCUT2D eigenvalue weighted by Gasteiger charge is -2.19. The third-order valence-electron chi connectivity index (χ3n) is 3.11. The van der Waals surface area contributed by atoms with E-state index >= 15 is 0 Å². The standard InChI is InChI=1S/C12H20O2/c1-2-11(13)8-9-12(14)10-6-4-3-5-7-10/h10H,2-9H2,1H3. The van der Waals surface area contributed by atoms with E-state index in [0.29, 0.717) is 25.0 Å². The third-order valence-corrected chi connectivity index (χ3v) is 3.11. The maximum absolute atomic E-state index is 11.7. The Labute approximate surface area is 86.1 Å². The van der Waals surface area contributed by atoms with Crippen LogP contribution in [0.4, 0.5) is 0 Å². The normalized spacial score (nSPS) is 18.1. The SMILES string of the molecule is CCC(=O)CCC(=O)C1CCCCC1. The Bertz CT molecular complexity index is 202. The molecule has 0 aliphatic heterocycles. The summed E-state index contributed by atoms with van der Waals surface area (Å²) in [6.07, 6.45) is 7.29. The van der Waals surface area contributed by atoms with Crippen molar-refractivity contribution in [2.24, 2.45) is 5.92 Å². The van der Waals surface area contributed by atoms with Crippen LogP contribution in [-0.2, 0) is 9.59 Å². The molecule has 0 amide bonds. The lowest BCUT2D eigenvalue weighted by Crippen LogP contribution is -2.18. The molecule has 0 aromatic carbocycles. The average Bonchev–Trinajstić information content (AvgIpc) is 2.26. The van der Waals surface area contributed by atoms with E-state index < -0.39 is 0 Å². The second-order valence-electron chi connectivity index (χ2n) is 4.19. The molecule has 0 unspecified atom stereocenters. The number of ketones is 2. The van der Waals surface area contributed by atoms with Crippen LogP contribution in [0.3, 0.4) is 0 Å². The zero-order valence-electron chi connectivity index (χ0n) is 9.05. The van der Waals surface area contributed by atoms with Crippen LogP contribution in [-0.4, -0.2) is 11.6 Å². The predicted molar refractivity (Wildman–Crippen MR) is 56.1 cm³/mol. The van der Waals surface area contributed by atoms with Crippen molar-refractivity contribution in [2.75, 3.05) is 0 Å². The highest BCUT2D eigenvalue weighted by molar-refractivity contribution is 5.87. The molecule has 0 aromatic heterocycles. The lowest BCUT2D eigenvalue weighted by atomic mass is 9.84. The van der Waals surface area contributed by atoms with Gasteiger partial charge in [-0.2, -0.15) is 0 Å². The molecule has 1 rings (SSSR count). The summed E-state index contributed by atoms with van der Waals surface area (Å²) in [5, 5.41) is 0. The Morgan fingerprint density at radius 2 is 1.71 bits per heavy atom. The van der Waals surface area contributed by atoms with Crippen molar-refractivity contribution < 1.29 is 9.59 Å². The largest absolute Gasteiger partial charge is 0.300 e. The van der Waals surface area contributed by atoms with Crippen LogP contribution in [0.2, 0.25) is 0 Å². The second kappa shape index (κ2) is 5.94. The van der Waals surface area contributed by atoms with Gasteiger partial charge in [-0.15, -0.1) is 0 Å². The van der Waals surface area contributed by atoms with Crippen LogP contribution in [0, 0.1) is 5.92 Å². The zero-order valence-corrected chi connectivity index (χ0v) is 9.05. The summed E-state index contributed by atoms with van der Waals surface area (Å²) in [5.41, 5.74) is 0. The van der Waals surface area contributed by atoms with Crippen molar-refractivity contribution in [3.05, 3.63) is 0 Å². The van der Waals surface area contributed by atoms with Gasteiger partial charge < -0.3 is 0 Å². The van der Waals surface area contributed by atoms with Gasteiger partial charge in [0.05, 0.1) is 0 Å². The molecule has 0 radical (unpaired) electrons. The fourth-order valence-corrected chi connectivity index (χ4v) is 2.07. The first kappa shape index (κ1) is 11.4. The van der Waals surface area contributed by atoms with Crippen LogP contribution < -0.4 is 0 Å². The smallest absolute Gasteiger partial charge is 0.136 e. The summed E-state index contributed by atoms with van der Waals surface area (Å²) in [5.74, 6) is 0.814. The summed E-state index contributed by atoms with van der Waals surface area (Å²) >= 11 is 0. The molecule has 1 aliphatic rings. The van der Waals surface area contributed by atoms with Crippen LogP contribution in [0.1, 0.15) is 58.3 Å². The molecular formula is C12H20O2. The molecular weight excluding hydrogens is 176 g/mol. The van der Waals surface area contributed by atoms with E-state index in [1.807, 2.05) is 6.92 Å². The molecule has 1 aliphatic carbocycles. The van der Waals surface area contributed by atoms with Gasteiger partial charge in [0.15, 0.2) is 0 Å². The summed E-state index contributed by atoms with van der Waals surface area (Å²) in [4.78, 5) is 22.7. The zero-order chi connectivity index (χ0) is 10.4. The first-order valence-corrected chi connectivity index (χ1v) is 5.78. The maximum Gasteiger partial charge on any atom is 0.136 e. The predicted octanol–water partition coefficient (Wildman–Crippen LogP) is 2.90. The minimum atomic E-state index is 0.217. The molecule has 0 heterocycles. The van der Waals surface area contributed by atoms with Gasteiger partial charge in [-0.3, -0.25) is 9.59 Å². The molecule has 0 bridgehead atoms. The van der Waals surface area contributed by atoms with E-state index in [-0.39, 0.29) is 11.7 Å². The number of carbonyl (C=O) groups is 2. The van der Waals surface area contributed by atoms with Gasteiger partial charge in [0.1, 0.15) is 11.6 Å². The molecule has 1 saturated carbocycles. The van der Waals surface area contributed by atoms with Crippen molar-refractivity contribution >= 4 is 11.6 Å². The highest BCUT2D eigenvalue weighted by Crippen LogP contribution is 2.25. The Morgan fingerprint density at radius 3 is 2.29 bits per heavy atom. The number of hydrogen-bond donors (Lipinski definition) is 0. The first-order valence-electron chi connectivity index (χ1n) is 5.78. The van der Waals surface area contributed by atoms with E-state index in [9.17, 15) is 9.59 Å². The molecule has 0 saturated heterocycles. The minimum Gasteiger partial charge on any atom is -0.300 e. The van der Waals surface area contributed by atoms with Crippen molar-refractivity contribution in [3.8, 4) is 0 Å². The van der Waals surface area contributed by atoms with Crippen LogP contribution >= 0.6 is 0 Å². The molecule has 2 nitrogen and oxygen atoms in total. The second-order valence-corrected chi connectivity index (χ2v) is 4.19. The van der Waals surface area contributed by atoms with Crippen LogP contribution in [0.5, 0.6) is 0 Å². The highest BCUT2D eigenvalue weighted by atomic mass is 16.1. The molecule has 0 aromatic rings. The van der Waals surface area contributed by atoms with E-state index in [1.165, 1.54) is 19.3 Å². The molecule has 14 heavy (non-hydrogen) atoms. The molecule has 0 atom stereocenters. The maximum atomic E-state index is 11.7. The summed E-state index contributed by atoms with van der Waals surface area (Å²) in [6, 6.07) is 0. The third kappa shape index (κ3) is 3.60. The molecule has 2 heteroatoms. The van der Waals surface area contributed by atoms with Gasteiger partial charge in [-0.1, -0.05) is 26.2 Å². The van der Waals surface area contributed by atoms with Crippen LogP contribution in [0.15, 0.2) is 0 Å². The van der Waals surface area contributed by atoms with Gasteiger partial charge >= 0.3 is 0 Å². The fourth-order valence-electron chi connectivity index (χ4n) is 2.07. The van der Waals surface area contributed by atoms with Crippen molar-refractivity contribution in [2.45, 2.75) is 58.3 Å². The molecule has 80 valence electrons. The first-order chi connectivity index (χ1) is 6.74. The lowest BCUT2D eigenvalue weighted by molar-refractivity contribution is -0.127. The Morgan fingerprint density at radius 1 is 1.07 bits per heavy atom. The molecule has 0 N–H and O–H groups in total. The number of hydrogen-bond acceptors (Lipinski definition) is 2. The van der Waals surface area contributed by atoms with Crippen LogP contribution in [0.25, 0.3) is 0 Å². The minimum absolute atomic E-state index is 0.217. The molecule has 1 fully saturated rings. The van der Waals surface area contributed by atoms with Gasteiger partial charge in [0, 0.05) is 25.2 Å². The van der Waals surface area contributed by atoms with Crippen molar-refractivity contribution in [1.82, 2.24) is 0 Å². The van der Waals surface area contributed by atoms with E-state index in [4.69, 9.17) is 0 Å². The number of carbonyl (C=O) groups excluding carboxylic acids is 2. The summed E-state index contributed by atoms with van der Waals surface area (Å²) in [6.45, 7) is 1.85. The van der Waals surface area contributed by atoms with Crippen molar-refractivity contribution in [1.29, 1.82) is 0 Å². The Balaban J connectivity index is 2.23. The van der Waals surface area contributed by atoms with E-state index in [1.54, 1.807) is 0 Å². The van der Waals surface area contributed by atoms with Gasteiger partial charge in [-0.05, 0) is 12.8 Å². The monoisotopic (exact) mass is 196 g/mol. The highest BCUT2D eigenvalue weighted by Gasteiger charge is 2.20.